The van der Waals surface area contributed by atoms with Gasteiger partial charge in [-0.3, -0.25) is 9.59 Å². The van der Waals surface area contributed by atoms with Crippen molar-refractivity contribution in [3.05, 3.63) is 35.4 Å². The molecule has 5 rings (SSSR count). The largest absolute Gasteiger partial charge is 0.462 e. The lowest BCUT2D eigenvalue weighted by Crippen LogP contribution is -2.61. The number of carbonyl (C=O) groups is 2. The van der Waals surface area contributed by atoms with Crippen molar-refractivity contribution < 1.29 is 14.3 Å². The van der Waals surface area contributed by atoms with Crippen LogP contribution in [0.5, 0.6) is 0 Å². The minimum atomic E-state index is -0.0966. The van der Waals surface area contributed by atoms with Crippen molar-refractivity contribution in [1.82, 2.24) is 4.90 Å². The number of ether oxygens (including phenoxy) is 1. The van der Waals surface area contributed by atoms with E-state index in [0.717, 1.165) is 24.3 Å². The first kappa shape index (κ1) is 26.8. The summed E-state index contributed by atoms with van der Waals surface area (Å²) in [7, 11) is 2.04. The molecule has 1 aromatic rings. The van der Waals surface area contributed by atoms with Gasteiger partial charge in [0.2, 0.25) is 5.91 Å². The summed E-state index contributed by atoms with van der Waals surface area (Å²) < 4.78 is 6.19. The van der Waals surface area contributed by atoms with Gasteiger partial charge in [0.1, 0.15) is 6.10 Å². The van der Waals surface area contributed by atoms with E-state index >= 15 is 0 Å². The molecule has 3 aliphatic carbocycles. The van der Waals surface area contributed by atoms with Gasteiger partial charge in [-0.2, -0.15) is 0 Å². The molecule has 204 valence electrons. The lowest BCUT2D eigenvalue weighted by atomic mass is 9.46. The van der Waals surface area contributed by atoms with E-state index in [2.05, 4.69) is 70.7 Å². The molecule has 1 aromatic carbocycles. The number of benzene rings is 1. The molecule has 4 fully saturated rings. The van der Waals surface area contributed by atoms with E-state index in [-0.39, 0.29) is 22.9 Å². The van der Waals surface area contributed by atoms with Gasteiger partial charge in [0, 0.05) is 25.4 Å². The maximum Gasteiger partial charge on any atom is 0.310 e. The molecular weight excluding hydrogens is 458 g/mol. The van der Waals surface area contributed by atoms with Crippen molar-refractivity contribution >= 4 is 11.9 Å². The van der Waals surface area contributed by atoms with E-state index in [4.69, 9.17) is 4.74 Å². The van der Waals surface area contributed by atoms with Crippen LogP contribution in [0.25, 0.3) is 0 Å². The zero-order chi connectivity index (χ0) is 26.7. The molecule has 1 aliphatic heterocycles. The molecule has 1 amide bonds. The minimum Gasteiger partial charge on any atom is -0.462 e. The third kappa shape index (κ3) is 4.44. The van der Waals surface area contributed by atoms with Crippen LogP contribution in [0, 0.1) is 40.4 Å². The van der Waals surface area contributed by atoms with Gasteiger partial charge in [-0.25, -0.2) is 0 Å². The standard InChI is InChI=1S/C33H49NO3/c1-20(2)24-10-8-23(9-11-24)19-30(36)37-22(4)31-21(3)18-27-25-12-13-28-32(5,17-15-29(35)34(28)7)26(25)14-16-33(27,31)6/h8-11,20-22,25-28,31H,12-19H2,1-7H3/t21?,22?,25-,26+,27+,28-,31-,32-,33+/m1/s1. The number of likely N-dealkylation sites (tertiary alicyclic amines) is 1. The van der Waals surface area contributed by atoms with Crippen LogP contribution in [0.3, 0.4) is 0 Å². The van der Waals surface area contributed by atoms with Gasteiger partial charge in [-0.1, -0.05) is 58.9 Å². The van der Waals surface area contributed by atoms with Crippen LogP contribution in [0.2, 0.25) is 0 Å². The maximum atomic E-state index is 13.0. The van der Waals surface area contributed by atoms with Crippen molar-refractivity contribution in [2.75, 3.05) is 7.05 Å². The van der Waals surface area contributed by atoms with Crippen LogP contribution in [-0.2, 0) is 20.7 Å². The quantitative estimate of drug-likeness (QED) is 0.403. The summed E-state index contributed by atoms with van der Waals surface area (Å²) >= 11 is 0. The molecule has 3 saturated carbocycles. The van der Waals surface area contributed by atoms with Gasteiger partial charge in [0.15, 0.2) is 0 Å². The van der Waals surface area contributed by atoms with E-state index in [1.807, 2.05) is 7.05 Å². The Morgan fingerprint density at radius 3 is 2.41 bits per heavy atom. The molecule has 4 nitrogen and oxygen atoms in total. The highest BCUT2D eigenvalue weighted by Crippen LogP contribution is 2.67. The highest BCUT2D eigenvalue weighted by Gasteiger charge is 2.63. The average molecular weight is 508 g/mol. The second kappa shape index (κ2) is 9.72. The van der Waals surface area contributed by atoms with Gasteiger partial charge in [0.25, 0.3) is 0 Å². The Balaban J connectivity index is 1.28. The zero-order valence-electron chi connectivity index (χ0n) is 24.3. The maximum absolute atomic E-state index is 13.0. The fourth-order valence-corrected chi connectivity index (χ4v) is 10.1. The first-order chi connectivity index (χ1) is 17.5. The lowest BCUT2D eigenvalue weighted by Gasteiger charge is -2.62. The highest BCUT2D eigenvalue weighted by molar-refractivity contribution is 5.77. The molecule has 4 aliphatic rings. The van der Waals surface area contributed by atoms with Gasteiger partial charge in [-0.05, 0) is 97.0 Å². The fourth-order valence-electron chi connectivity index (χ4n) is 10.1. The van der Waals surface area contributed by atoms with Crippen LogP contribution in [0.4, 0.5) is 0 Å². The topological polar surface area (TPSA) is 46.6 Å². The molecule has 1 heterocycles. The van der Waals surface area contributed by atoms with E-state index in [0.29, 0.717) is 54.4 Å². The third-order valence-electron chi connectivity index (χ3n) is 11.8. The molecule has 2 unspecified atom stereocenters. The minimum absolute atomic E-state index is 0.0608. The van der Waals surface area contributed by atoms with E-state index in [1.54, 1.807) is 0 Å². The van der Waals surface area contributed by atoms with Gasteiger partial charge in [-0.15, -0.1) is 0 Å². The van der Waals surface area contributed by atoms with Crippen molar-refractivity contribution in [3.63, 3.8) is 0 Å². The zero-order valence-corrected chi connectivity index (χ0v) is 24.3. The Morgan fingerprint density at radius 2 is 1.73 bits per heavy atom. The van der Waals surface area contributed by atoms with Crippen LogP contribution < -0.4 is 0 Å². The van der Waals surface area contributed by atoms with Gasteiger partial charge in [0.05, 0.1) is 6.42 Å². The summed E-state index contributed by atoms with van der Waals surface area (Å²) in [6.07, 6.45) is 8.14. The summed E-state index contributed by atoms with van der Waals surface area (Å²) in [4.78, 5) is 27.6. The van der Waals surface area contributed by atoms with Crippen molar-refractivity contribution in [1.29, 1.82) is 0 Å². The Hall–Kier alpha value is -1.84. The number of hydrogen-bond donors (Lipinski definition) is 0. The van der Waals surface area contributed by atoms with Crippen LogP contribution in [0.15, 0.2) is 24.3 Å². The lowest BCUT2D eigenvalue weighted by molar-refractivity contribution is -0.164. The normalized spacial score (nSPS) is 40.1. The number of nitrogens with zero attached hydrogens (tertiary/aromatic N) is 1. The Bertz CT molecular complexity index is 1020. The molecule has 0 radical (unpaired) electrons. The monoisotopic (exact) mass is 507 g/mol. The van der Waals surface area contributed by atoms with Crippen molar-refractivity contribution in [2.45, 2.75) is 111 Å². The molecule has 37 heavy (non-hydrogen) atoms. The van der Waals surface area contributed by atoms with E-state index < -0.39 is 0 Å². The number of carbonyl (C=O) groups excluding carboxylic acids is 2. The molecule has 0 bridgehead atoms. The van der Waals surface area contributed by atoms with Crippen molar-refractivity contribution in [3.8, 4) is 0 Å². The Labute approximate surface area is 224 Å². The second-order valence-electron chi connectivity index (χ2n) is 14.0. The third-order valence-corrected chi connectivity index (χ3v) is 11.8. The number of hydrogen-bond acceptors (Lipinski definition) is 3. The SMILES string of the molecule is CC(C)c1ccc(CC(=O)OC(C)[C@H]2C(C)C[C@H]3[C@@H]4CC[C@H]5N(C)C(=O)CC[C@]5(C)[C@H]4CC[C@]23C)cc1. The number of piperidine rings is 1. The number of fused-ring (bicyclic) bond motifs is 5. The first-order valence-electron chi connectivity index (χ1n) is 15.0. The number of amides is 1. The summed E-state index contributed by atoms with van der Waals surface area (Å²) in [6, 6.07) is 8.82. The summed E-state index contributed by atoms with van der Waals surface area (Å²) in [5, 5.41) is 0. The van der Waals surface area contributed by atoms with Crippen LogP contribution in [0.1, 0.15) is 104 Å². The molecule has 0 N–H and O–H groups in total. The molecule has 4 heteroatoms. The number of esters is 1. The summed E-state index contributed by atoms with van der Waals surface area (Å²) in [5.74, 6) is 3.83. The molecule has 0 spiro atoms. The predicted octanol–water partition coefficient (Wildman–Crippen LogP) is 7.01. The summed E-state index contributed by atoms with van der Waals surface area (Å²) in [6.45, 7) is 13.9. The Morgan fingerprint density at radius 1 is 1.03 bits per heavy atom. The van der Waals surface area contributed by atoms with Gasteiger partial charge >= 0.3 is 5.97 Å². The van der Waals surface area contributed by atoms with Crippen LogP contribution in [-0.4, -0.2) is 36.0 Å². The first-order valence-corrected chi connectivity index (χ1v) is 15.0. The number of rotatable bonds is 5. The molecular formula is C33H49NO3. The average Bonchev–Trinajstić information content (AvgIpc) is 3.12. The molecule has 1 saturated heterocycles. The van der Waals surface area contributed by atoms with E-state index in [9.17, 15) is 9.59 Å². The highest BCUT2D eigenvalue weighted by atomic mass is 16.5. The molecule has 9 atom stereocenters. The fraction of sp³-hybridized carbons (Fsp3) is 0.758. The van der Waals surface area contributed by atoms with Gasteiger partial charge < -0.3 is 9.64 Å². The second-order valence-corrected chi connectivity index (χ2v) is 14.0. The smallest absolute Gasteiger partial charge is 0.310 e. The van der Waals surface area contributed by atoms with Crippen molar-refractivity contribution in [2.24, 2.45) is 40.4 Å². The molecule has 0 aromatic heterocycles. The van der Waals surface area contributed by atoms with Crippen LogP contribution >= 0.6 is 0 Å². The summed E-state index contributed by atoms with van der Waals surface area (Å²) in [5.41, 5.74) is 2.80. The Kier molecular flexibility index (Phi) is 7.03. The predicted molar refractivity (Wildman–Crippen MR) is 148 cm³/mol. The van der Waals surface area contributed by atoms with E-state index in [1.165, 1.54) is 31.2 Å².